The number of halogens is 1. The molecule has 0 aliphatic rings. The van der Waals surface area contributed by atoms with Crippen molar-refractivity contribution in [2.75, 3.05) is 26.7 Å². The molecule has 0 amide bonds. The van der Waals surface area contributed by atoms with E-state index in [0.29, 0.717) is 5.92 Å². The predicted molar refractivity (Wildman–Crippen MR) is 80.2 cm³/mol. The molecule has 0 aromatic heterocycles. The van der Waals surface area contributed by atoms with Gasteiger partial charge in [0.05, 0.1) is 0 Å². The van der Waals surface area contributed by atoms with Gasteiger partial charge in [-0.05, 0) is 43.6 Å². The summed E-state index contributed by atoms with van der Waals surface area (Å²) in [4.78, 5) is 2.31. The minimum atomic E-state index is 0.714. The van der Waals surface area contributed by atoms with Crippen LogP contribution < -0.4 is 5.32 Å². The standard InChI is InChI=1S/C15H25ClN2/c1-12(2)10-17-7-8-18(4)11-14-6-5-13(3)15(16)9-14/h5-6,9,12,17H,7-8,10-11H2,1-4H3. The first-order valence-electron chi connectivity index (χ1n) is 6.63. The van der Waals surface area contributed by atoms with Crippen molar-refractivity contribution in [2.24, 2.45) is 5.92 Å². The Morgan fingerprint density at radius 3 is 2.67 bits per heavy atom. The topological polar surface area (TPSA) is 15.3 Å². The molecule has 1 rings (SSSR count). The molecule has 0 aliphatic heterocycles. The molecule has 18 heavy (non-hydrogen) atoms. The van der Waals surface area contributed by atoms with Crippen molar-refractivity contribution < 1.29 is 0 Å². The number of likely N-dealkylation sites (N-methyl/N-ethyl adjacent to an activating group) is 1. The maximum absolute atomic E-state index is 6.13. The summed E-state index contributed by atoms with van der Waals surface area (Å²) in [5, 5.41) is 4.31. The molecule has 3 heteroatoms. The monoisotopic (exact) mass is 268 g/mol. The Morgan fingerprint density at radius 2 is 2.06 bits per heavy atom. The summed E-state index contributed by atoms with van der Waals surface area (Å²) in [7, 11) is 2.14. The Morgan fingerprint density at radius 1 is 1.33 bits per heavy atom. The maximum atomic E-state index is 6.13. The second-order valence-corrected chi connectivity index (χ2v) is 5.83. The number of nitrogens with zero attached hydrogens (tertiary/aromatic N) is 1. The fourth-order valence-electron chi connectivity index (χ4n) is 1.79. The number of rotatable bonds is 7. The predicted octanol–water partition coefficient (Wildman–Crippen LogP) is 3.33. The molecule has 1 N–H and O–H groups in total. The fraction of sp³-hybridized carbons (Fsp3) is 0.600. The Hall–Kier alpha value is -0.570. The summed E-state index contributed by atoms with van der Waals surface area (Å²) in [6, 6.07) is 6.30. The first kappa shape index (κ1) is 15.5. The first-order chi connectivity index (χ1) is 8.49. The van der Waals surface area contributed by atoms with Crippen LogP contribution >= 0.6 is 11.6 Å². The minimum absolute atomic E-state index is 0.714. The van der Waals surface area contributed by atoms with Gasteiger partial charge in [-0.3, -0.25) is 0 Å². The van der Waals surface area contributed by atoms with E-state index in [-0.39, 0.29) is 0 Å². The van der Waals surface area contributed by atoms with Crippen molar-refractivity contribution in [1.82, 2.24) is 10.2 Å². The maximum Gasteiger partial charge on any atom is 0.0438 e. The zero-order valence-corrected chi connectivity index (χ0v) is 12.7. The van der Waals surface area contributed by atoms with E-state index in [4.69, 9.17) is 11.6 Å². The lowest BCUT2D eigenvalue weighted by atomic mass is 10.1. The van der Waals surface area contributed by atoms with Gasteiger partial charge in [-0.25, -0.2) is 0 Å². The highest BCUT2D eigenvalue weighted by atomic mass is 35.5. The summed E-state index contributed by atoms with van der Waals surface area (Å²) in [6.45, 7) is 10.6. The molecule has 0 atom stereocenters. The van der Waals surface area contributed by atoms with E-state index in [0.717, 1.165) is 36.8 Å². The summed E-state index contributed by atoms with van der Waals surface area (Å²) in [6.07, 6.45) is 0. The lowest BCUT2D eigenvalue weighted by molar-refractivity contribution is 0.321. The molecular formula is C15H25ClN2. The van der Waals surface area contributed by atoms with E-state index >= 15 is 0 Å². The third-order valence-corrected chi connectivity index (χ3v) is 3.32. The lowest BCUT2D eigenvalue weighted by Crippen LogP contribution is -2.30. The van der Waals surface area contributed by atoms with Crippen LogP contribution in [0, 0.1) is 12.8 Å². The molecule has 102 valence electrons. The molecule has 0 radical (unpaired) electrons. The number of hydrogen-bond acceptors (Lipinski definition) is 2. The lowest BCUT2D eigenvalue weighted by Gasteiger charge is -2.18. The Kier molecular flexibility index (Phi) is 6.69. The van der Waals surface area contributed by atoms with Crippen LogP contribution in [-0.4, -0.2) is 31.6 Å². The largest absolute Gasteiger partial charge is 0.315 e. The van der Waals surface area contributed by atoms with E-state index in [9.17, 15) is 0 Å². The number of aryl methyl sites for hydroxylation is 1. The number of hydrogen-bond donors (Lipinski definition) is 1. The molecule has 0 spiro atoms. The van der Waals surface area contributed by atoms with Gasteiger partial charge in [0.2, 0.25) is 0 Å². The zero-order chi connectivity index (χ0) is 13.5. The summed E-state index contributed by atoms with van der Waals surface area (Å²) in [5.74, 6) is 0.714. The highest BCUT2D eigenvalue weighted by molar-refractivity contribution is 6.31. The minimum Gasteiger partial charge on any atom is -0.315 e. The van der Waals surface area contributed by atoms with Crippen LogP contribution in [0.5, 0.6) is 0 Å². The number of benzene rings is 1. The quantitative estimate of drug-likeness (QED) is 0.763. The molecule has 1 aromatic carbocycles. The van der Waals surface area contributed by atoms with Crippen LogP contribution in [0.2, 0.25) is 5.02 Å². The van der Waals surface area contributed by atoms with E-state index in [1.807, 2.05) is 6.92 Å². The summed E-state index contributed by atoms with van der Waals surface area (Å²) < 4.78 is 0. The molecule has 0 saturated carbocycles. The zero-order valence-electron chi connectivity index (χ0n) is 12.0. The molecule has 0 unspecified atom stereocenters. The Labute approximate surface area is 116 Å². The van der Waals surface area contributed by atoms with Crippen LogP contribution in [0.1, 0.15) is 25.0 Å². The highest BCUT2D eigenvalue weighted by Gasteiger charge is 2.02. The van der Waals surface area contributed by atoms with Gasteiger partial charge in [0.25, 0.3) is 0 Å². The van der Waals surface area contributed by atoms with Crippen molar-refractivity contribution >= 4 is 11.6 Å². The summed E-state index contributed by atoms with van der Waals surface area (Å²) >= 11 is 6.13. The van der Waals surface area contributed by atoms with E-state index in [1.54, 1.807) is 0 Å². The fourth-order valence-corrected chi connectivity index (χ4v) is 1.99. The third-order valence-electron chi connectivity index (χ3n) is 2.91. The van der Waals surface area contributed by atoms with Gasteiger partial charge in [0.15, 0.2) is 0 Å². The highest BCUT2D eigenvalue weighted by Crippen LogP contribution is 2.17. The van der Waals surface area contributed by atoms with Gasteiger partial charge in [-0.1, -0.05) is 37.6 Å². The average molecular weight is 269 g/mol. The van der Waals surface area contributed by atoms with Crippen molar-refractivity contribution in [3.05, 3.63) is 34.3 Å². The van der Waals surface area contributed by atoms with E-state index < -0.39 is 0 Å². The van der Waals surface area contributed by atoms with Crippen LogP contribution in [0.3, 0.4) is 0 Å². The van der Waals surface area contributed by atoms with Gasteiger partial charge >= 0.3 is 0 Å². The molecule has 0 saturated heterocycles. The molecule has 0 heterocycles. The van der Waals surface area contributed by atoms with E-state index in [2.05, 4.69) is 49.3 Å². The molecule has 1 aromatic rings. The van der Waals surface area contributed by atoms with Gasteiger partial charge in [-0.2, -0.15) is 0 Å². The van der Waals surface area contributed by atoms with Crippen molar-refractivity contribution in [1.29, 1.82) is 0 Å². The van der Waals surface area contributed by atoms with E-state index in [1.165, 1.54) is 5.56 Å². The average Bonchev–Trinajstić information content (AvgIpc) is 2.29. The first-order valence-corrected chi connectivity index (χ1v) is 7.01. The molecule has 0 bridgehead atoms. The Bertz CT molecular complexity index is 364. The van der Waals surface area contributed by atoms with Gasteiger partial charge in [-0.15, -0.1) is 0 Å². The second-order valence-electron chi connectivity index (χ2n) is 5.42. The second kappa shape index (κ2) is 7.78. The number of nitrogens with one attached hydrogen (secondary N) is 1. The van der Waals surface area contributed by atoms with Crippen LogP contribution in [0.25, 0.3) is 0 Å². The molecule has 0 fully saturated rings. The Balaban J connectivity index is 2.31. The van der Waals surface area contributed by atoms with Crippen LogP contribution in [0.15, 0.2) is 18.2 Å². The van der Waals surface area contributed by atoms with Crippen molar-refractivity contribution in [2.45, 2.75) is 27.3 Å². The normalized spacial score (nSPS) is 11.5. The molecule has 0 aliphatic carbocycles. The molecule has 2 nitrogen and oxygen atoms in total. The van der Waals surface area contributed by atoms with Gasteiger partial charge < -0.3 is 10.2 Å². The third kappa shape index (κ3) is 5.85. The van der Waals surface area contributed by atoms with Gasteiger partial charge in [0, 0.05) is 24.7 Å². The van der Waals surface area contributed by atoms with Crippen LogP contribution in [0.4, 0.5) is 0 Å². The van der Waals surface area contributed by atoms with Crippen molar-refractivity contribution in [3.8, 4) is 0 Å². The van der Waals surface area contributed by atoms with Crippen LogP contribution in [-0.2, 0) is 6.54 Å². The van der Waals surface area contributed by atoms with Crippen molar-refractivity contribution in [3.63, 3.8) is 0 Å². The smallest absolute Gasteiger partial charge is 0.0438 e. The SMILES string of the molecule is Cc1ccc(CN(C)CCNCC(C)C)cc1Cl. The summed E-state index contributed by atoms with van der Waals surface area (Å²) in [5.41, 5.74) is 2.42. The van der Waals surface area contributed by atoms with Gasteiger partial charge in [0.1, 0.15) is 0 Å². The molecular weight excluding hydrogens is 244 g/mol.